The van der Waals surface area contributed by atoms with Crippen LogP contribution in [-0.4, -0.2) is 29.9 Å². The van der Waals surface area contributed by atoms with Crippen LogP contribution in [-0.2, 0) is 4.79 Å². The second-order valence-electron chi connectivity index (χ2n) is 5.70. The minimum Gasteiger partial charge on any atom is -0.338 e. The van der Waals surface area contributed by atoms with E-state index in [1.165, 1.54) is 25.7 Å². The number of nitrogens with zero attached hydrogens (tertiary/aromatic N) is 1. The molecule has 0 aromatic heterocycles. The molecule has 2 fully saturated rings. The van der Waals surface area contributed by atoms with Crippen LogP contribution in [0.4, 0.5) is 0 Å². The van der Waals surface area contributed by atoms with Crippen molar-refractivity contribution in [2.45, 2.75) is 57.9 Å². The number of piperidine rings is 1. The molecule has 1 aliphatic heterocycles. The second-order valence-corrected chi connectivity index (χ2v) is 5.70. The van der Waals surface area contributed by atoms with Crippen molar-refractivity contribution in [3.63, 3.8) is 0 Å². The smallest absolute Gasteiger partial charge is 0.225 e. The van der Waals surface area contributed by atoms with Gasteiger partial charge in [-0.3, -0.25) is 4.79 Å². The molecule has 1 saturated heterocycles. The molecule has 1 saturated carbocycles. The van der Waals surface area contributed by atoms with E-state index < -0.39 is 0 Å². The largest absolute Gasteiger partial charge is 0.338 e. The maximum Gasteiger partial charge on any atom is 0.225 e. The average Bonchev–Trinajstić information content (AvgIpc) is 2.91. The predicted octanol–water partition coefficient (Wildman–Crippen LogP) is 2.15. The molecular weight excluding hydrogens is 212 g/mol. The van der Waals surface area contributed by atoms with E-state index in [1.807, 2.05) is 0 Å². The lowest BCUT2D eigenvalue weighted by Crippen LogP contribution is -2.51. The number of likely N-dealkylation sites (tertiary alicyclic amines) is 1. The van der Waals surface area contributed by atoms with E-state index in [4.69, 9.17) is 5.73 Å². The Hall–Kier alpha value is -0.570. The van der Waals surface area contributed by atoms with Crippen molar-refractivity contribution in [1.82, 2.24) is 4.90 Å². The van der Waals surface area contributed by atoms with Crippen molar-refractivity contribution in [2.75, 3.05) is 13.1 Å². The Morgan fingerprint density at radius 3 is 2.59 bits per heavy atom. The highest BCUT2D eigenvalue weighted by molar-refractivity contribution is 5.79. The van der Waals surface area contributed by atoms with Gasteiger partial charge < -0.3 is 10.6 Å². The van der Waals surface area contributed by atoms with Gasteiger partial charge in [-0.25, -0.2) is 0 Å². The highest BCUT2D eigenvalue weighted by atomic mass is 16.2. The van der Waals surface area contributed by atoms with Gasteiger partial charge in [-0.15, -0.1) is 0 Å². The van der Waals surface area contributed by atoms with Gasteiger partial charge in [0.1, 0.15) is 0 Å². The number of amides is 1. The monoisotopic (exact) mass is 238 g/mol. The first-order valence-corrected chi connectivity index (χ1v) is 7.26. The molecule has 1 heterocycles. The zero-order chi connectivity index (χ0) is 12.3. The zero-order valence-corrected chi connectivity index (χ0v) is 11.0. The number of carbonyl (C=O) groups is 1. The molecule has 98 valence electrons. The molecule has 17 heavy (non-hydrogen) atoms. The Bertz CT molecular complexity index is 261. The van der Waals surface area contributed by atoms with Crippen LogP contribution in [0.2, 0.25) is 0 Å². The minimum atomic E-state index is 0.307. The summed E-state index contributed by atoms with van der Waals surface area (Å²) in [7, 11) is 0. The number of nitrogens with two attached hydrogens (primary N) is 1. The van der Waals surface area contributed by atoms with E-state index in [1.54, 1.807) is 0 Å². The Kier molecular flexibility index (Phi) is 4.43. The summed E-state index contributed by atoms with van der Waals surface area (Å²) in [6.45, 7) is 3.82. The summed E-state index contributed by atoms with van der Waals surface area (Å²) in [6, 6.07) is 0.307. The standard InChI is InChI=1S/C14H26N2O/c1-2-11-7-8-16(13(9-11)10-15)14(17)12-5-3-4-6-12/h11-13H,2-10,15H2,1H3. The highest BCUT2D eigenvalue weighted by Crippen LogP contribution is 2.31. The Morgan fingerprint density at radius 1 is 1.29 bits per heavy atom. The summed E-state index contributed by atoms with van der Waals surface area (Å²) in [5.41, 5.74) is 5.85. The third-order valence-corrected chi connectivity index (χ3v) is 4.66. The van der Waals surface area contributed by atoms with Gasteiger partial charge in [0.15, 0.2) is 0 Å². The van der Waals surface area contributed by atoms with Gasteiger partial charge in [-0.1, -0.05) is 26.2 Å². The fourth-order valence-corrected chi connectivity index (χ4v) is 3.43. The minimum absolute atomic E-state index is 0.307. The molecule has 0 radical (unpaired) electrons. The van der Waals surface area contributed by atoms with Gasteiger partial charge >= 0.3 is 0 Å². The molecule has 1 amide bonds. The molecular formula is C14H26N2O. The lowest BCUT2D eigenvalue weighted by molar-refractivity contribution is -0.139. The van der Waals surface area contributed by atoms with Gasteiger partial charge in [-0.2, -0.15) is 0 Å². The van der Waals surface area contributed by atoms with E-state index in [0.29, 0.717) is 24.4 Å². The number of hydrogen-bond donors (Lipinski definition) is 1. The molecule has 2 atom stereocenters. The molecule has 3 nitrogen and oxygen atoms in total. The Morgan fingerprint density at radius 2 is 2.00 bits per heavy atom. The molecule has 0 aromatic carbocycles. The SMILES string of the molecule is CCC1CCN(C(=O)C2CCCC2)C(CN)C1. The van der Waals surface area contributed by atoms with E-state index in [-0.39, 0.29) is 0 Å². The van der Waals surface area contributed by atoms with Crippen molar-refractivity contribution in [2.24, 2.45) is 17.6 Å². The van der Waals surface area contributed by atoms with Gasteiger partial charge in [0.05, 0.1) is 0 Å². The average molecular weight is 238 g/mol. The van der Waals surface area contributed by atoms with Crippen molar-refractivity contribution in [3.05, 3.63) is 0 Å². The van der Waals surface area contributed by atoms with Crippen molar-refractivity contribution in [3.8, 4) is 0 Å². The second kappa shape index (κ2) is 5.85. The van der Waals surface area contributed by atoms with Crippen LogP contribution < -0.4 is 5.73 Å². The van der Waals surface area contributed by atoms with Crippen LogP contribution in [0, 0.1) is 11.8 Å². The van der Waals surface area contributed by atoms with Gasteiger partial charge in [0.25, 0.3) is 0 Å². The molecule has 2 unspecified atom stereocenters. The van der Waals surface area contributed by atoms with Crippen LogP contribution >= 0.6 is 0 Å². The molecule has 2 rings (SSSR count). The van der Waals surface area contributed by atoms with Crippen molar-refractivity contribution >= 4 is 5.91 Å². The van der Waals surface area contributed by atoms with Crippen LogP contribution in [0.25, 0.3) is 0 Å². The maximum atomic E-state index is 12.4. The van der Waals surface area contributed by atoms with Gasteiger partial charge in [0, 0.05) is 25.0 Å². The first-order chi connectivity index (χ1) is 8.26. The predicted molar refractivity (Wildman–Crippen MR) is 69.5 cm³/mol. The lowest BCUT2D eigenvalue weighted by Gasteiger charge is -2.40. The fraction of sp³-hybridized carbons (Fsp3) is 0.929. The first kappa shape index (κ1) is 12.9. The molecule has 0 bridgehead atoms. The van der Waals surface area contributed by atoms with Crippen LogP contribution in [0.3, 0.4) is 0 Å². The normalized spacial score (nSPS) is 30.8. The molecule has 0 spiro atoms. The van der Waals surface area contributed by atoms with Crippen LogP contribution in [0.1, 0.15) is 51.9 Å². The topological polar surface area (TPSA) is 46.3 Å². The van der Waals surface area contributed by atoms with Crippen molar-refractivity contribution in [1.29, 1.82) is 0 Å². The highest BCUT2D eigenvalue weighted by Gasteiger charge is 2.34. The summed E-state index contributed by atoms with van der Waals surface area (Å²) in [4.78, 5) is 14.5. The van der Waals surface area contributed by atoms with E-state index >= 15 is 0 Å². The molecule has 3 heteroatoms. The van der Waals surface area contributed by atoms with Crippen LogP contribution in [0.15, 0.2) is 0 Å². The molecule has 0 aromatic rings. The quantitative estimate of drug-likeness (QED) is 0.819. The Labute approximate surface area is 105 Å². The zero-order valence-electron chi connectivity index (χ0n) is 11.0. The van der Waals surface area contributed by atoms with Crippen molar-refractivity contribution < 1.29 is 4.79 Å². The summed E-state index contributed by atoms with van der Waals surface area (Å²) in [6.07, 6.45) is 8.18. The lowest BCUT2D eigenvalue weighted by atomic mass is 9.88. The van der Waals surface area contributed by atoms with Gasteiger partial charge in [0.2, 0.25) is 5.91 Å². The molecule has 2 N–H and O–H groups in total. The Balaban J connectivity index is 1.96. The first-order valence-electron chi connectivity index (χ1n) is 7.26. The number of carbonyl (C=O) groups excluding carboxylic acids is 1. The van der Waals surface area contributed by atoms with Crippen LogP contribution in [0.5, 0.6) is 0 Å². The van der Waals surface area contributed by atoms with Gasteiger partial charge in [-0.05, 0) is 31.6 Å². The summed E-state index contributed by atoms with van der Waals surface area (Å²) < 4.78 is 0. The van der Waals surface area contributed by atoms with E-state index in [9.17, 15) is 4.79 Å². The maximum absolute atomic E-state index is 12.4. The molecule has 2 aliphatic rings. The third kappa shape index (κ3) is 2.82. The van der Waals surface area contributed by atoms with E-state index in [0.717, 1.165) is 31.7 Å². The number of rotatable bonds is 3. The summed E-state index contributed by atoms with van der Waals surface area (Å²) in [5, 5.41) is 0. The number of hydrogen-bond acceptors (Lipinski definition) is 2. The summed E-state index contributed by atoms with van der Waals surface area (Å²) in [5.74, 6) is 1.48. The summed E-state index contributed by atoms with van der Waals surface area (Å²) >= 11 is 0. The molecule has 1 aliphatic carbocycles. The fourth-order valence-electron chi connectivity index (χ4n) is 3.43. The third-order valence-electron chi connectivity index (χ3n) is 4.66. The van der Waals surface area contributed by atoms with E-state index in [2.05, 4.69) is 11.8 Å².